The van der Waals surface area contributed by atoms with Crippen LogP contribution in [-0.2, 0) is 4.79 Å². The molecule has 0 radical (unpaired) electrons. The van der Waals surface area contributed by atoms with Crippen LogP contribution >= 0.6 is 0 Å². The molecule has 0 aliphatic carbocycles. The van der Waals surface area contributed by atoms with Crippen molar-refractivity contribution in [2.75, 3.05) is 26.2 Å². The van der Waals surface area contributed by atoms with Crippen LogP contribution in [0.3, 0.4) is 0 Å². The van der Waals surface area contributed by atoms with Crippen LogP contribution in [0.4, 0.5) is 0 Å². The van der Waals surface area contributed by atoms with Gasteiger partial charge < -0.3 is 11.1 Å². The van der Waals surface area contributed by atoms with E-state index in [1.807, 2.05) is 0 Å². The van der Waals surface area contributed by atoms with Crippen molar-refractivity contribution < 1.29 is 4.79 Å². The summed E-state index contributed by atoms with van der Waals surface area (Å²) >= 11 is 0. The number of carbonyl (C=O) groups is 1. The van der Waals surface area contributed by atoms with Gasteiger partial charge in [-0.2, -0.15) is 0 Å². The first-order valence-electron chi connectivity index (χ1n) is 8.00. The molecule has 0 saturated carbocycles. The Morgan fingerprint density at radius 3 is 2.86 bits per heavy atom. The van der Waals surface area contributed by atoms with Gasteiger partial charge in [-0.15, -0.1) is 0 Å². The lowest BCUT2D eigenvalue weighted by molar-refractivity contribution is -0.122. The minimum Gasteiger partial charge on any atom is -0.356 e. The number of nitrogens with one attached hydrogen (secondary N) is 1. The van der Waals surface area contributed by atoms with Crippen LogP contribution in [0.5, 0.6) is 0 Å². The van der Waals surface area contributed by atoms with Crippen molar-refractivity contribution in [1.82, 2.24) is 10.2 Å². The zero-order valence-corrected chi connectivity index (χ0v) is 12.9. The Morgan fingerprint density at radius 1 is 1.43 bits per heavy atom. The predicted molar refractivity (Wildman–Crippen MR) is 86.1 cm³/mol. The molecule has 4 nitrogen and oxygen atoms in total. The fourth-order valence-electron chi connectivity index (χ4n) is 3.03. The lowest BCUT2D eigenvalue weighted by Gasteiger charge is -2.26. The van der Waals surface area contributed by atoms with Gasteiger partial charge in [0.15, 0.2) is 0 Å². The maximum atomic E-state index is 11.9. The average molecular weight is 289 g/mol. The van der Waals surface area contributed by atoms with Crippen LogP contribution in [0.25, 0.3) is 0 Å². The van der Waals surface area contributed by atoms with Crippen molar-refractivity contribution in [3.8, 4) is 0 Å². The number of benzene rings is 1. The van der Waals surface area contributed by atoms with Gasteiger partial charge in [0.2, 0.25) is 5.91 Å². The van der Waals surface area contributed by atoms with Crippen molar-refractivity contribution in [2.45, 2.75) is 38.1 Å². The Bertz CT molecular complexity index is 435. The van der Waals surface area contributed by atoms with E-state index in [0.717, 1.165) is 32.5 Å². The van der Waals surface area contributed by atoms with E-state index in [4.69, 9.17) is 5.73 Å². The van der Waals surface area contributed by atoms with E-state index in [0.29, 0.717) is 18.9 Å². The molecule has 21 heavy (non-hydrogen) atoms. The number of nitrogens with two attached hydrogens (primary N) is 1. The quantitative estimate of drug-likeness (QED) is 0.803. The van der Waals surface area contributed by atoms with Gasteiger partial charge in [0, 0.05) is 32.1 Å². The van der Waals surface area contributed by atoms with Gasteiger partial charge in [-0.25, -0.2) is 0 Å². The molecule has 1 amide bonds. The number of likely N-dealkylation sites (tertiary alicyclic amines) is 1. The minimum atomic E-state index is 0.121. The molecule has 1 aromatic rings. The van der Waals surface area contributed by atoms with Crippen molar-refractivity contribution in [2.24, 2.45) is 5.73 Å². The molecule has 0 spiro atoms. The van der Waals surface area contributed by atoms with Gasteiger partial charge in [-0.05, 0) is 30.9 Å². The molecular formula is C17H27N3O. The van der Waals surface area contributed by atoms with E-state index in [1.54, 1.807) is 0 Å². The summed E-state index contributed by atoms with van der Waals surface area (Å²) in [7, 11) is 0. The molecule has 2 atom stereocenters. The van der Waals surface area contributed by atoms with Gasteiger partial charge in [0.1, 0.15) is 0 Å². The largest absolute Gasteiger partial charge is 0.356 e. The predicted octanol–water partition coefficient (Wildman–Crippen LogP) is 1.72. The summed E-state index contributed by atoms with van der Waals surface area (Å²) in [5, 5.41) is 2.94. The fraction of sp³-hybridized carbons (Fsp3) is 0.588. The van der Waals surface area contributed by atoms with Gasteiger partial charge in [0.25, 0.3) is 0 Å². The molecule has 2 unspecified atom stereocenters. The molecule has 3 N–H and O–H groups in total. The Kier molecular flexibility index (Phi) is 6.21. The normalized spacial score (nSPS) is 20.4. The van der Waals surface area contributed by atoms with Gasteiger partial charge >= 0.3 is 0 Å². The molecule has 0 bridgehead atoms. The molecule has 1 heterocycles. The Morgan fingerprint density at radius 2 is 2.19 bits per heavy atom. The molecule has 1 aliphatic rings. The van der Waals surface area contributed by atoms with Crippen molar-refractivity contribution in [1.29, 1.82) is 0 Å². The smallest absolute Gasteiger partial charge is 0.221 e. The summed E-state index contributed by atoms with van der Waals surface area (Å²) in [6.07, 6.45) is 2.63. The number of nitrogens with zero attached hydrogens (tertiary/aromatic N) is 1. The summed E-state index contributed by atoms with van der Waals surface area (Å²) in [5.41, 5.74) is 7.29. The lowest BCUT2D eigenvalue weighted by Crippen LogP contribution is -2.42. The molecule has 4 heteroatoms. The van der Waals surface area contributed by atoms with E-state index >= 15 is 0 Å². The highest BCUT2D eigenvalue weighted by Gasteiger charge is 2.29. The van der Waals surface area contributed by atoms with Gasteiger partial charge in [-0.1, -0.05) is 37.3 Å². The monoisotopic (exact) mass is 289 g/mol. The van der Waals surface area contributed by atoms with Crippen LogP contribution < -0.4 is 11.1 Å². The summed E-state index contributed by atoms with van der Waals surface area (Å²) < 4.78 is 0. The van der Waals surface area contributed by atoms with Gasteiger partial charge in [-0.3, -0.25) is 9.69 Å². The second kappa shape index (κ2) is 8.15. The SMILES string of the molecule is CCCNC(=O)CC(CN)N1CCC(c2ccccc2)C1. The Hall–Kier alpha value is -1.39. The summed E-state index contributed by atoms with van der Waals surface area (Å²) in [5.74, 6) is 0.689. The first-order chi connectivity index (χ1) is 10.2. The number of hydrogen-bond donors (Lipinski definition) is 2. The van der Waals surface area contributed by atoms with Gasteiger partial charge in [0.05, 0.1) is 0 Å². The summed E-state index contributed by atoms with van der Waals surface area (Å²) in [4.78, 5) is 14.3. The van der Waals surface area contributed by atoms with Crippen LogP contribution in [0.2, 0.25) is 0 Å². The van der Waals surface area contributed by atoms with E-state index in [-0.39, 0.29) is 11.9 Å². The van der Waals surface area contributed by atoms with Crippen LogP contribution in [-0.4, -0.2) is 43.0 Å². The molecule has 2 rings (SSSR count). The minimum absolute atomic E-state index is 0.121. The second-order valence-electron chi connectivity index (χ2n) is 5.83. The zero-order valence-electron chi connectivity index (χ0n) is 12.9. The van der Waals surface area contributed by atoms with E-state index in [9.17, 15) is 4.79 Å². The molecule has 1 aromatic carbocycles. The molecule has 1 aliphatic heterocycles. The molecule has 116 valence electrons. The third-order valence-corrected chi connectivity index (χ3v) is 4.27. The molecule has 0 aromatic heterocycles. The number of carbonyl (C=O) groups excluding carboxylic acids is 1. The Labute approximate surface area is 127 Å². The lowest BCUT2D eigenvalue weighted by atomic mass is 9.99. The topological polar surface area (TPSA) is 58.4 Å². The highest BCUT2D eigenvalue weighted by Crippen LogP contribution is 2.28. The third-order valence-electron chi connectivity index (χ3n) is 4.27. The first kappa shape index (κ1) is 16.0. The highest BCUT2D eigenvalue weighted by atomic mass is 16.1. The van der Waals surface area contributed by atoms with E-state index < -0.39 is 0 Å². The standard InChI is InChI=1S/C17H27N3O/c1-2-9-19-17(21)11-16(12-18)20-10-8-15(13-20)14-6-4-3-5-7-14/h3-7,15-16H,2,8-13,18H2,1H3,(H,19,21). The van der Waals surface area contributed by atoms with E-state index in [1.165, 1.54) is 5.56 Å². The third kappa shape index (κ3) is 4.55. The molecule has 1 fully saturated rings. The van der Waals surface area contributed by atoms with Crippen molar-refractivity contribution >= 4 is 5.91 Å². The van der Waals surface area contributed by atoms with Crippen LogP contribution in [0.15, 0.2) is 30.3 Å². The zero-order chi connectivity index (χ0) is 15.1. The first-order valence-corrected chi connectivity index (χ1v) is 8.00. The maximum absolute atomic E-state index is 11.9. The maximum Gasteiger partial charge on any atom is 0.221 e. The second-order valence-corrected chi connectivity index (χ2v) is 5.83. The molecule has 1 saturated heterocycles. The van der Waals surface area contributed by atoms with Crippen LogP contribution in [0, 0.1) is 0 Å². The van der Waals surface area contributed by atoms with E-state index in [2.05, 4.69) is 47.5 Å². The number of rotatable bonds is 7. The number of amides is 1. The van der Waals surface area contributed by atoms with Crippen molar-refractivity contribution in [3.63, 3.8) is 0 Å². The summed E-state index contributed by atoms with van der Waals surface area (Å²) in [6.45, 7) is 5.39. The molecular weight excluding hydrogens is 262 g/mol. The van der Waals surface area contributed by atoms with Crippen LogP contribution in [0.1, 0.15) is 37.7 Å². The van der Waals surface area contributed by atoms with Crippen molar-refractivity contribution in [3.05, 3.63) is 35.9 Å². The average Bonchev–Trinajstić information content (AvgIpc) is 3.01. The fourth-order valence-corrected chi connectivity index (χ4v) is 3.03. The summed E-state index contributed by atoms with van der Waals surface area (Å²) in [6, 6.07) is 10.8. The Balaban J connectivity index is 1.87. The number of hydrogen-bond acceptors (Lipinski definition) is 3. The highest BCUT2D eigenvalue weighted by molar-refractivity contribution is 5.76.